The highest BCUT2D eigenvalue weighted by Gasteiger charge is 2.44. The normalized spacial score (nSPS) is 30.9. The molecule has 0 radical (unpaired) electrons. The third kappa shape index (κ3) is 2.73. The van der Waals surface area contributed by atoms with Gasteiger partial charge in [0.1, 0.15) is 6.10 Å². The van der Waals surface area contributed by atoms with Crippen LogP contribution in [0, 0.1) is 5.41 Å². The number of rotatable bonds is 2. The first-order valence-corrected chi connectivity index (χ1v) is 7.22. The van der Waals surface area contributed by atoms with E-state index in [0.717, 1.165) is 11.1 Å². The summed E-state index contributed by atoms with van der Waals surface area (Å²) >= 11 is 0. The number of phosphoric ester groups is 1. The van der Waals surface area contributed by atoms with Gasteiger partial charge in [0.15, 0.2) is 0 Å². The molecule has 4 nitrogen and oxygen atoms in total. The smallest absolute Gasteiger partial charge is 0.302 e. The lowest BCUT2D eigenvalue weighted by atomic mass is 9.83. The first-order chi connectivity index (χ1) is 8.34. The number of hydrogen-bond acceptors (Lipinski definition) is 3. The minimum absolute atomic E-state index is 0.189. The second kappa shape index (κ2) is 4.63. The van der Waals surface area contributed by atoms with Crippen LogP contribution in [0.2, 0.25) is 0 Å². The Bertz CT molecular complexity index is 492. The van der Waals surface area contributed by atoms with Crippen molar-refractivity contribution in [2.75, 3.05) is 6.61 Å². The van der Waals surface area contributed by atoms with Crippen LogP contribution in [0.25, 0.3) is 6.08 Å². The molecule has 1 aromatic rings. The molecule has 1 aromatic carbocycles. The van der Waals surface area contributed by atoms with E-state index in [0.29, 0.717) is 0 Å². The van der Waals surface area contributed by atoms with Crippen LogP contribution in [0.3, 0.4) is 0 Å². The molecule has 2 atom stereocenters. The van der Waals surface area contributed by atoms with Crippen molar-refractivity contribution in [3.63, 3.8) is 0 Å². The Labute approximate surface area is 107 Å². The lowest BCUT2D eigenvalue weighted by molar-refractivity contribution is -0.0472. The van der Waals surface area contributed by atoms with Crippen LogP contribution in [0.5, 0.6) is 0 Å². The van der Waals surface area contributed by atoms with Gasteiger partial charge in [-0.05, 0) is 11.1 Å². The molecule has 18 heavy (non-hydrogen) atoms. The van der Waals surface area contributed by atoms with Gasteiger partial charge in [-0.2, -0.15) is 0 Å². The SMILES string of the molecule is C=Cc1ccc(C2OP(=O)(O)OCC2(C)C)cc1. The van der Waals surface area contributed by atoms with E-state index >= 15 is 0 Å². The zero-order valence-corrected chi connectivity index (χ0v) is 11.4. The molecule has 0 amide bonds. The van der Waals surface area contributed by atoms with Gasteiger partial charge in [0.2, 0.25) is 0 Å². The molecule has 1 heterocycles. The standard InChI is InChI=1S/C13H17O4P/c1-4-10-5-7-11(8-6-10)12-13(2,3)9-16-18(14,15)17-12/h4-8,12H,1,9H2,2-3H3,(H,14,15). The second-order valence-corrected chi connectivity index (χ2v) is 6.49. The third-order valence-corrected chi connectivity index (χ3v) is 3.96. The van der Waals surface area contributed by atoms with Crippen LogP contribution in [-0.4, -0.2) is 11.5 Å². The Morgan fingerprint density at radius 3 is 2.61 bits per heavy atom. The zero-order valence-electron chi connectivity index (χ0n) is 10.5. The molecule has 0 aromatic heterocycles. The minimum Gasteiger partial charge on any atom is -0.302 e. The maximum atomic E-state index is 11.5. The molecule has 0 aliphatic carbocycles. The van der Waals surface area contributed by atoms with Gasteiger partial charge in [-0.25, -0.2) is 4.57 Å². The largest absolute Gasteiger partial charge is 0.472 e. The molecule has 1 aliphatic heterocycles. The van der Waals surface area contributed by atoms with E-state index in [-0.39, 0.29) is 12.0 Å². The van der Waals surface area contributed by atoms with Crippen LogP contribution in [0.1, 0.15) is 31.1 Å². The zero-order chi connectivity index (χ0) is 13.4. The Morgan fingerprint density at radius 2 is 2.06 bits per heavy atom. The Morgan fingerprint density at radius 1 is 1.44 bits per heavy atom. The van der Waals surface area contributed by atoms with Crippen LogP contribution in [-0.2, 0) is 13.6 Å². The second-order valence-electron chi connectivity index (χ2n) is 5.09. The highest BCUT2D eigenvalue weighted by atomic mass is 31.2. The van der Waals surface area contributed by atoms with Crippen LogP contribution in [0.15, 0.2) is 30.8 Å². The molecule has 1 fully saturated rings. The van der Waals surface area contributed by atoms with Gasteiger partial charge in [0.05, 0.1) is 6.61 Å². The van der Waals surface area contributed by atoms with Gasteiger partial charge in [-0.1, -0.05) is 50.8 Å². The average molecular weight is 268 g/mol. The van der Waals surface area contributed by atoms with Crippen molar-refractivity contribution in [3.8, 4) is 0 Å². The summed E-state index contributed by atoms with van der Waals surface area (Å²) in [5.41, 5.74) is 1.51. The molecule has 0 saturated carbocycles. The first kappa shape index (κ1) is 13.5. The van der Waals surface area contributed by atoms with E-state index < -0.39 is 13.9 Å². The number of phosphoric acid groups is 1. The van der Waals surface area contributed by atoms with Gasteiger partial charge in [0.25, 0.3) is 0 Å². The molecule has 1 aliphatic rings. The van der Waals surface area contributed by atoms with E-state index in [1.807, 2.05) is 38.1 Å². The predicted octanol–water partition coefficient (Wildman–Crippen LogP) is 3.54. The Balaban J connectivity index is 2.33. The van der Waals surface area contributed by atoms with Crippen molar-refractivity contribution >= 4 is 13.9 Å². The molecular weight excluding hydrogens is 251 g/mol. The summed E-state index contributed by atoms with van der Waals surface area (Å²) < 4.78 is 21.6. The van der Waals surface area contributed by atoms with Crippen molar-refractivity contribution < 1.29 is 18.5 Å². The van der Waals surface area contributed by atoms with E-state index in [9.17, 15) is 9.46 Å². The summed E-state index contributed by atoms with van der Waals surface area (Å²) in [4.78, 5) is 9.43. The molecule has 1 saturated heterocycles. The average Bonchev–Trinajstić information content (AvgIpc) is 2.33. The summed E-state index contributed by atoms with van der Waals surface area (Å²) in [6.07, 6.45) is 1.29. The number of benzene rings is 1. The van der Waals surface area contributed by atoms with E-state index in [1.54, 1.807) is 6.08 Å². The third-order valence-electron chi connectivity index (χ3n) is 3.02. The highest BCUT2D eigenvalue weighted by Crippen LogP contribution is 2.58. The van der Waals surface area contributed by atoms with Gasteiger partial charge >= 0.3 is 7.82 Å². The maximum Gasteiger partial charge on any atom is 0.472 e. The summed E-state index contributed by atoms with van der Waals surface area (Å²) in [7, 11) is -3.93. The summed E-state index contributed by atoms with van der Waals surface area (Å²) in [5, 5.41) is 0. The fourth-order valence-corrected chi connectivity index (χ4v) is 3.18. The predicted molar refractivity (Wildman–Crippen MR) is 69.9 cm³/mol. The van der Waals surface area contributed by atoms with Gasteiger partial charge in [-0.15, -0.1) is 0 Å². The quantitative estimate of drug-likeness (QED) is 0.833. The molecule has 0 spiro atoms. The fourth-order valence-electron chi connectivity index (χ4n) is 1.95. The Hall–Kier alpha value is -0.930. The van der Waals surface area contributed by atoms with E-state index in [2.05, 4.69) is 6.58 Å². The van der Waals surface area contributed by atoms with Crippen molar-refractivity contribution in [2.45, 2.75) is 20.0 Å². The summed E-state index contributed by atoms with van der Waals surface area (Å²) in [6.45, 7) is 7.76. The van der Waals surface area contributed by atoms with E-state index in [4.69, 9.17) is 9.05 Å². The van der Waals surface area contributed by atoms with Gasteiger partial charge < -0.3 is 4.89 Å². The molecule has 98 valence electrons. The number of hydrogen-bond donors (Lipinski definition) is 1. The van der Waals surface area contributed by atoms with Crippen LogP contribution in [0.4, 0.5) is 0 Å². The molecule has 2 rings (SSSR count). The summed E-state index contributed by atoms with van der Waals surface area (Å²) in [5.74, 6) is 0. The van der Waals surface area contributed by atoms with Crippen molar-refractivity contribution in [1.82, 2.24) is 0 Å². The highest BCUT2D eigenvalue weighted by molar-refractivity contribution is 7.47. The molecule has 1 N–H and O–H groups in total. The summed E-state index contributed by atoms with van der Waals surface area (Å²) in [6, 6.07) is 7.57. The first-order valence-electron chi connectivity index (χ1n) is 5.72. The van der Waals surface area contributed by atoms with Crippen molar-refractivity contribution in [3.05, 3.63) is 42.0 Å². The Kier molecular flexibility index (Phi) is 3.47. The minimum atomic E-state index is -3.93. The monoisotopic (exact) mass is 268 g/mol. The lowest BCUT2D eigenvalue weighted by Gasteiger charge is -2.39. The van der Waals surface area contributed by atoms with Gasteiger partial charge in [0, 0.05) is 5.41 Å². The van der Waals surface area contributed by atoms with Gasteiger partial charge in [-0.3, -0.25) is 9.05 Å². The van der Waals surface area contributed by atoms with Crippen molar-refractivity contribution in [2.24, 2.45) is 5.41 Å². The topological polar surface area (TPSA) is 55.8 Å². The molecule has 0 bridgehead atoms. The molecule has 2 unspecified atom stereocenters. The van der Waals surface area contributed by atoms with Crippen molar-refractivity contribution in [1.29, 1.82) is 0 Å². The lowest BCUT2D eigenvalue weighted by Crippen LogP contribution is -2.33. The maximum absolute atomic E-state index is 11.5. The van der Waals surface area contributed by atoms with Crippen LogP contribution >= 0.6 is 7.82 Å². The fraction of sp³-hybridized carbons (Fsp3) is 0.385. The van der Waals surface area contributed by atoms with E-state index in [1.165, 1.54) is 0 Å². The molecular formula is C13H17O4P. The van der Waals surface area contributed by atoms with Crippen LogP contribution < -0.4 is 0 Å². The molecule has 5 heteroatoms.